The van der Waals surface area contributed by atoms with Gasteiger partial charge in [-0.05, 0) is 25.7 Å². The third-order valence-corrected chi connectivity index (χ3v) is 3.75. The number of fused-ring (bicyclic) bond motifs is 1. The van der Waals surface area contributed by atoms with Gasteiger partial charge < -0.3 is 10.2 Å². The summed E-state index contributed by atoms with van der Waals surface area (Å²) in [5, 5.41) is 19.9. The minimum Gasteiger partial charge on any atom is -0.392 e. The van der Waals surface area contributed by atoms with Crippen LogP contribution >= 0.6 is 0 Å². The van der Waals surface area contributed by atoms with Crippen LogP contribution < -0.4 is 0 Å². The van der Waals surface area contributed by atoms with Crippen LogP contribution in [0.3, 0.4) is 0 Å². The van der Waals surface area contributed by atoms with Gasteiger partial charge in [0.05, 0.1) is 11.7 Å². The van der Waals surface area contributed by atoms with Gasteiger partial charge in [0, 0.05) is 5.41 Å². The fourth-order valence-corrected chi connectivity index (χ4v) is 2.57. The van der Waals surface area contributed by atoms with E-state index < -0.39 is 5.60 Å². The number of aliphatic hydroxyl groups is 2. The van der Waals surface area contributed by atoms with Gasteiger partial charge in [0.15, 0.2) is 0 Å². The van der Waals surface area contributed by atoms with E-state index in [0.29, 0.717) is 6.42 Å². The first-order chi connectivity index (χ1) is 5.58. The topological polar surface area (TPSA) is 40.5 Å². The summed E-state index contributed by atoms with van der Waals surface area (Å²) in [7, 11) is 0. The van der Waals surface area contributed by atoms with Crippen molar-refractivity contribution in [3.05, 3.63) is 12.2 Å². The molecule has 1 saturated carbocycles. The van der Waals surface area contributed by atoms with Crippen molar-refractivity contribution in [2.24, 2.45) is 5.41 Å². The number of hydrogen-bond acceptors (Lipinski definition) is 2. The number of aliphatic hydroxyl groups excluding tert-OH is 1. The predicted octanol–water partition coefficient (Wildman–Crippen LogP) is 1.23. The van der Waals surface area contributed by atoms with Crippen LogP contribution in [0.1, 0.15) is 32.6 Å². The van der Waals surface area contributed by atoms with E-state index in [-0.39, 0.29) is 11.5 Å². The van der Waals surface area contributed by atoms with E-state index in [1.165, 1.54) is 0 Å². The zero-order chi connectivity index (χ0) is 8.82. The van der Waals surface area contributed by atoms with E-state index in [1.54, 1.807) is 0 Å². The molecule has 0 bridgehead atoms. The van der Waals surface area contributed by atoms with Crippen molar-refractivity contribution in [3.63, 3.8) is 0 Å². The number of allylic oxidation sites excluding steroid dienone is 1. The van der Waals surface area contributed by atoms with Gasteiger partial charge in [-0.3, -0.25) is 0 Å². The molecule has 2 aliphatic rings. The lowest BCUT2D eigenvalue weighted by atomic mass is 9.68. The average Bonchev–Trinajstić information content (AvgIpc) is 2.28. The predicted molar refractivity (Wildman–Crippen MR) is 46.7 cm³/mol. The molecular weight excluding hydrogens is 152 g/mol. The van der Waals surface area contributed by atoms with Crippen LogP contribution in [0.25, 0.3) is 0 Å². The van der Waals surface area contributed by atoms with Crippen molar-refractivity contribution in [2.45, 2.75) is 44.3 Å². The first-order valence-electron chi connectivity index (χ1n) is 4.67. The van der Waals surface area contributed by atoms with Crippen molar-refractivity contribution in [3.8, 4) is 0 Å². The Balaban J connectivity index is 2.39. The quantitative estimate of drug-likeness (QED) is 0.534. The minimum absolute atomic E-state index is 0.290. The van der Waals surface area contributed by atoms with Crippen LogP contribution in [0.4, 0.5) is 0 Å². The summed E-state index contributed by atoms with van der Waals surface area (Å²) < 4.78 is 0. The van der Waals surface area contributed by atoms with Crippen molar-refractivity contribution >= 4 is 0 Å². The fraction of sp³-hybridized carbons (Fsp3) is 0.800. The largest absolute Gasteiger partial charge is 0.392 e. The third kappa shape index (κ3) is 0.824. The van der Waals surface area contributed by atoms with Gasteiger partial charge in [0.25, 0.3) is 0 Å². The molecule has 2 heteroatoms. The summed E-state index contributed by atoms with van der Waals surface area (Å²) in [5.74, 6) is 0. The summed E-state index contributed by atoms with van der Waals surface area (Å²) in [6.45, 7) is 1.99. The molecule has 1 fully saturated rings. The molecule has 2 rings (SSSR count). The summed E-state index contributed by atoms with van der Waals surface area (Å²) in [6, 6.07) is 0. The summed E-state index contributed by atoms with van der Waals surface area (Å²) in [4.78, 5) is 0. The second-order valence-corrected chi connectivity index (χ2v) is 4.34. The minimum atomic E-state index is -0.731. The van der Waals surface area contributed by atoms with Crippen molar-refractivity contribution in [1.29, 1.82) is 0 Å². The molecule has 2 nitrogen and oxygen atoms in total. The van der Waals surface area contributed by atoms with Crippen LogP contribution in [0.15, 0.2) is 12.2 Å². The standard InChI is InChI=1S/C10H16O2/c1-9-5-2-3-6-10(9,12)7-4-8(9)11/h3,6,8,11-12H,2,4-5,7H2,1H3/t8-,9+,10+/m1/s1. The van der Waals surface area contributed by atoms with Crippen LogP contribution in [0.5, 0.6) is 0 Å². The summed E-state index contributed by atoms with van der Waals surface area (Å²) >= 11 is 0. The maximum atomic E-state index is 10.2. The Morgan fingerprint density at radius 1 is 1.42 bits per heavy atom. The van der Waals surface area contributed by atoms with Crippen molar-refractivity contribution in [1.82, 2.24) is 0 Å². The lowest BCUT2D eigenvalue weighted by molar-refractivity contribution is -0.0685. The average molecular weight is 168 g/mol. The number of hydrogen-bond donors (Lipinski definition) is 2. The number of rotatable bonds is 0. The SMILES string of the molecule is C[C@@]12CCC=C[C@]1(O)CC[C@H]2O. The second-order valence-electron chi connectivity index (χ2n) is 4.34. The highest BCUT2D eigenvalue weighted by atomic mass is 16.3. The van der Waals surface area contributed by atoms with E-state index in [4.69, 9.17) is 0 Å². The van der Waals surface area contributed by atoms with Crippen LogP contribution in [0.2, 0.25) is 0 Å². The van der Waals surface area contributed by atoms with Crippen LogP contribution in [0, 0.1) is 5.41 Å². The smallest absolute Gasteiger partial charge is 0.0906 e. The molecule has 0 amide bonds. The Morgan fingerprint density at radius 2 is 2.17 bits per heavy atom. The molecule has 0 aromatic carbocycles. The summed E-state index contributed by atoms with van der Waals surface area (Å²) in [5.41, 5.74) is -1.02. The monoisotopic (exact) mass is 168 g/mol. The van der Waals surface area contributed by atoms with Crippen LogP contribution in [-0.4, -0.2) is 21.9 Å². The highest BCUT2D eigenvalue weighted by molar-refractivity contribution is 5.19. The second kappa shape index (κ2) is 2.33. The van der Waals surface area contributed by atoms with Gasteiger partial charge >= 0.3 is 0 Å². The Hall–Kier alpha value is -0.340. The zero-order valence-electron chi connectivity index (χ0n) is 7.45. The molecule has 68 valence electrons. The molecule has 0 radical (unpaired) electrons. The van der Waals surface area contributed by atoms with Gasteiger partial charge in [0.1, 0.15) is 0 Å². The van der Waals surface area contributed by atoms with Gasteiger partial charge in [-0.1, -0.05) is 19.1 Å². The molecular formula is C10H16O2. The maximum Gasteiger partial charge on any atom is 0.0906 e. The third-order valence-electron chi connectivity index (χ3n) is 3.75. The van der Waals surface area contributed by atoms with E-state index in [1.807, 2.05) is 19.1 Å². The Morgan fingerprint density at radius 3 is 2.83 bits per heavy atom. The Bertz CT molecular complexity index is 224. The molecule has 2 N–H and O–H groups in total. The zero-order valence-corrected chi connectivity index (χ0v) is 7.45. The van der Waals surface area contributed by atoms with E-state index in [2.05, 4.69) is 0 Å². The van der Waals surface area contributed by atoms with E-state index >= 15 is 0 Å². The molecule has 12 heavy (non-hydrogen) atoms. The lowest BCUT2D eigenvalue weighted by Gasteiger charge is -2.42. The van der Waals surface area contributed by atoms with E-state index in [9.17, 15) is 10.2 Å². The van der Waals surface area contributed by atoms with Crippen molar-refractivity contribution in [2.75, 3.05) is 0 Å². The first-order valence-corrected chi connectivity index (χ1v) is 4.67. The molecule has 0 heterocycles. The molecule has 2 aliphatic carbocycles. The fourth-order valence-electron chi connectivity index (χ4n) is 2.57. The van der Waals surface area contributed by atoms with Crippen molar-refractivity contribution < 1.29 is 10.2 Å². The highest BCUT2D eigenvalue weighted by Gasteiger charge is 2.55. The Labute approximate surface area is 72.9 Å². The van der Waals surface area contributed by atoms with Gasteiger partial charge in [-0.25, -0.2) is 0 Å². The van der Waals surface area contributed by atoms with Gasteiger partial charge in [0.2, 0.25) is 0 Å². The highest BCUT2D eigenvalue weighted by Crippen LogP contribution is 2.52. The molecule has 3 atom stereocenters. The molecule has 0 aromatic heterocycles. The maximum absolute atomic E-state index is 10.2. The summed E-state index contributed by atoms with van der Waals surface area (Å²) in [6.07, 6.45) is 6.91. The van der Waals surface area contributed by atoms with Gasteiger partial charge in [-0.2, -0.15) is 0 Å². The Kier molecular flexibility index (Phi) is 1.61. The molecule has 0 aromatic rings. The first kappa shape index (κ1) is 8.27. The molecule has 0 unspecified atom stereocenters. The van der Waals surface area contributed by atoms with Gasteiger partial charge in [-0.15, -0.1) is 0 Å². The molecule has 0 spiro atoms. The molecule has 0 aliphatic heterocycles. The van der Waals surface area contributed by atoms with Crippen LogP contribution in [-0.2, 0) is 0 Å². The molecule has 0 saturated heterocycles. The lowest BCUT2D eigenvalue weighted by Crippen LogP contribution is -2.46. The normalized spacial score (nSPS) is 52.4. The van der Waals surface area contributed by atoms with E-state index in [0.717, 1.165) is 19.3 Å².